The molecule has 2 aromatic rings. The summed E-state index contributed by atoms with van der Waals surface area (Å²) in [6.45, 7) is 0. The van der Waals surface area contributed by atoms with Crippen LogP contribution >= 0.6 is 0 Å². The van der Waals surface area contributed by atoms with Crippen LogP contribution in [0.15, 0.2) is 30.5 Å². The number of aromatic nitrogens is 2. The van der Waals surface area contributed by atoms with E-state index < -0.39 is 11.8 Å². The number of nitrogens with zero attached hydrogens (tertiary/aromatic N) is 2. The highest BCUT2D eigenvalue weighted by Crippen LogP contribution is 2.15. The Morgan fingerprint density at radius 3 is 2.75 bits per heavy atom. The van der Waals surface area contributed by atoms with Crippen molar-refractivity contribution in [2.75, 3.05) is 5.73 Å². The van der Waals surface area contributed by atoms with E-state index in [2.05, 4.69) is 5.10 Å². The van der Waals surface area contributed by atoms with Crippen molar-refractivity contribution < 1.29 is 14.3 Å². The molecular formula is C10H8FN3O2. The summed E-state index contributed by atoms with van der Waals surface area (Å²) < 4.78 is 14.6. The molecular weight excluding hydrogens is 213 g/mol. The molecule has 1 aromatic heterocycles. The van der Waals surface area contributed by atoms with Crippen LogP contribution in [0, 0.1) is 5.82 Å². The minimum absolute atomic E-state index is 0.142. The van der Waals surface area contributed by atoms with Gasteiger partial charge in [0.15, 0.2) is 11.5 Å². The average Bonchev–Trinajstić information content (AvgIpc) is 2.66. The third kappa shape index (κ3) is 1.72. The first-order valence-corrected chi connectivity index (χ1v) is 4.42. The number of nitrogens with two attached hydrogens (primary N) is 1. The Balaban J connectivity index is 2.46. The van der Waals surface area contributed by atoms with Crippen molar-refractivity contribution in [2.24, 2.45) is 0 Å². The number of carbonyl (C=O) groups is 1. The highest BCUT2D eigenvalue weighted by molar-refractivity contribution is 5.85. The van der Waals surface area contributed by atoms with Gasteiger partial charge < -0.3 is 10.8 Å². The van der Waals surface area contributed by atoms with Crippen molar-refractivity contribution >= 4 is 11.7 Å². The lowest BCUT2D eigenvalue weighted by molar-refractivity contribution is 0.0690. The molecule has 0 amide bonds. The van der Waals surface area contributed by atoms with E-state index in [4.69, 9.17) is 10.8 Å². The van der Waals surface area contributed by atoms with Crippen molar-refractivity contribution in [3.05, 3.63) is 42.0 Å². The number of carboxylic acid groups (broad SMARTS) is 1. The highest BCUT2D eigenvalue weighted by atomic mass is 19.1. The van der Waals surface area contributed by atoms with E-state index in [9.17, 15) is 9.18 Å². The summed E-state index contributed by atoms with van der Waals surface area (Å²) in [6.07, 6.45) is 1.37. The number of anilines is 1. The highest BCUT2D eigenvalue weighted by Gasteiger charge is 2.10. The van der Waals surface area contributed by atoms with Crippen LogP contribution in [0.4, 0.5) is 10.1 Å². The van der Waals surface area contributed by atoms with E-state index in [-0.39, 0.29) is 11.4 Å². The van der Waals surface area contributed by atoms with Crippen LogP contribution in [0.2, 0.25) is 0 Å². The van der Waals surface area contributed by atoms with Crippen molar-refractivity contribution in [2.45, 2.75) is 0 Å². The van der Waals surface area contributed by atoms with Crippen LogP contribution < -0.4 is 5.73 Å². The minimum Gasteiger partial charge on any atom is -0.476 e. The van der Waals surface area contributed by atoms with Gasteiger partial charge in [0.25, 0.3) is 0 Å². The molecule has 6 heteroatoms. The first-order valence-electron chi connectivity index (χ1n) is 4.42. The Morgan fingerprint density at radius 1 is 1.44 bits per heavy atom. The summed E-state index contributed by atoms with van der Waals surface area (Å²) in [5.41, 5.74) is 5.71. The second-order valence-electron chi connectivity index (χ2n) is 3.16. The molecule has 0 radical (unpaired) electrons. The average molecular weight is 221 g/mol. The summed E-state index contributed by atoms with van der Waals surface area (Å²) >= 11 is 0. The van der Waals surface area contributed by atoms with E-state index in [0.717, 1.165) is 10.7 Å². The maximum absolute atomic E-state index is 13.5. The van der Waals surface area contributed by atoms with Crippen LogP contribution in [-0.4, -0.2) is 20.9 Å². The van der Waals surface area contributed by atoms with Crippen LogP contribution in [0.5, 0.6) is 0 Å². The van der Waals surface area contributed by atoms with Crippen molar-refractivity contribution in [1.29, 1.82) is 0 Å². The normalized spacial score (nSPS) is 10.3. The second kappa shape index (κ2) is 3.65. The van der Waals surface area contributed by atoms with E-state index in [1.165, 1.54) is 24.4 Å². The van der Waals surface area contributed by atoms with Crippen LogP contribution in [0.25, 0.3) is 5.69 Å². The molecule has 0 unspecified atom stereocenters. The largest absolute Gasteiger partial charge is 0.476 e. The van der Waals surface area contributed by atoms with Gasteiger partial charge in [-0.3, -0.25) is 0 Å². The summed E-state index contributed by atoms with van der Waals surface area (Å²) in [5, 5.41) is 12.4. The lowest BCUT2D eigenvalue weighted by Crippen LogP contribution is -2.03. The molecule has 5 nitrogen and oxygen atoms in total. The topological polar surface area (TPSA) is 81.1 Å². The molecule has 0 fully saturated rings. The summed E-state index contributed by atoms with van der Waals surface area (Å²) in [7, 11) is 0. The summed E-state index contributed by atoms with van der Waals surface area (Å²) in [4.78, 5) is 10.6. The number of benzene rings is 1. The van der Waals surface area contributed by atoms with E-state index in [1.54, 1.807) is 0 Å². The molecule has 0 aliphatic heterocycles. The maximum atomic E-state index is 13.5. The summed E-state index contributed by atoms with van der Waals surface area (Å²) in [5.74, 6) is -1.71. The molecule has 82 valence electrons. The van der Waals surface area contributed by atoms with Gasteiger partial charge in [0.1, 0.15) is 5.69 Å². The van der Waals surface area contributed by atoms with Gasteiger partial charge >= 0.3 is 5.97 Å². The van der Waals surface area contributed by atoms with Crippen LogP contribution in [0.1, 0.15) is 10.5 Å². The standard InChI is InChI=1S/C10H8FN3O2/c11-7-5-6(12)1-2-9(7)14-4-3-8(13-14)10(15)16/h1-5H,12H2,(H,15,16). The Hall–Kier alpha value is -2.37. The van der Waals surface area contributed by atoms with Gasteiger partial charge in [-0.05, 0) is 24.3 Å². The fraction of sp³-hybridized carbons (Fsp3) is 0. The molecule has 3 N–H and O–H groups in total. The van der Waals surface area contributed by atoms with Gasteiger partial charge in [-0.15, -0.1) is 0 Å². The third-order valence-corrected chi connectivity index (χ3v) is 2.03. The second-order valence-corrected chi connectivity index (χ2v) is 3.16. The molecule has 0 spiro atoms. The number of aromatic carboxylic acids is 1. The minimum atomic E-state index is -1.16. The first-order chi connectivity index (χ1) is 7.58. The zero-order valence-electron chi connectivity index (χ0n) is 8.09. The molecule has 0 saturated heterocycles. The molecule has 1 aromatic carbocycles. The first kappa shape index (κ1) is 10.2. The number of carboxylic acids is 1. The van der Waals surface area contributed by atoms with Gasteiger partial charge in [0, 0.05) is 11.9 Å². The lowest BCUT2D eigenvalue weighted by Gasteiger charge is -2.03. The number of hydrogen-bond acceptors (Lipinski definition) is 3. The fourth-order valence-electron chi connectivity index (χ4n) is 1.28. The van der Waals surface area contributed by atoms with E-state index in [0.29, 0.717) is 5.69 Å². The Kier molecular flexibility index (Phi) is 2.32. The van der Waals surface area contributed by atoms with Gasteiger partial charge in [-0.25, -0.2) is 13.9 Å². The van der Waals surface area contributed by atoms with Gasteiger partial charge in [0.05, 0.1) is 0 Å². The molecule has 1 heterocycles. The Labute approximate surface area is 89.9 Å². The molecule has 2 rings (SSSR count). The molecule has 0 bridgehead atoms. The van der Waals surface area contributed by atoms with Gasteiger partial charge in [-0.2, -0.15) is 5.10 Å². The smallest absolute Gasteiger partial charge is 0.356 e. The van der Waals surface area contributed by atoms with Crippen molar-refractivity contribution in [3.63, 3.8) is 0 Å². The molecule has 0 aliphatic carbocycles. The zero-order chi connectivity index (χ0) is 11.7. The number of rotatable bonds is 2. The SMILES string of the molecule is Nc1ccc(-n2ccc(C(=O)O)n2)c(F)c1. The zero-order valence-corrected chi connectivity index (χ0v) is 8.09. The Bertz CT molecular complexity index is 551. The van der Waals surface area contributed by atoms with Crippen molar-refractivity contribution in [1.82, 2.24) is 9.78 Å². The third-order valence-electron chi connectivity index (χ3n) is 2.03. The lowest BCUT2D eigenvalue weighted by atomic mass is 10.3. The molecule has 0 saturated carbocycles. The van der Waals surface area contributed by atoms with E-state index >= 15 is 0 Å². The molecule has 16 heavy (non-hydrogen) atoms. The monoisotopic (exact) mass is 221 g/mol. The van der Waals surface area contributed by atoms with Crippen LogP contribution in [-0.2, 0) is 0 Å². The number of halogens is 1. The van der Waals surface area contributed by atoms with E-state index in [1.807, 2.05) is 0 Å². The predicted molar refractivity (Wildman–Crippen MR) is 54.9 cm³/mol. The quantitative estimate of drug-likeness (QED) is 0.749. The van der Waals surface area contributed by atoms with Crippen molar-refractivity contribution in [3.8, 4) is 5.69 Å². The molecule has 0 aliphatic rings. The predicted octanol–water partition coefficient (Wildman–Crippen LogP) is 1.29. The van der Waals surface area contributed by atoms with Crippen LogP contribution in [0.3, 0.4) is 0 Å². The number of nitrogen functional groups attached to an aromatic ring is 1. The van der Waals surface area contributed by atoms with Gasteiger partial charge in [-0.1, -0.05) is 0 Å². The Morgan fingerprint density at radius 2 is 2.19 bits per heavy atom. The summed E-state index contributed by atoms with van der Waals surface area (Å²) in [6, 6.07) is 5.39. The molecule has 0 atom stereocenters. The van der Waals surface area contributed by atoms with Gasteiger partial charge in [0.2, 0.25) is 0 Å². The fourth-order valence-corrected chi connectivity index (χ4v) is 1.28. The number of hydrogen-bond donors (Lipinski definition) is 2. The maximum Gasteiger partial charge on any atom is 0.356 e.